The van der Waals surface area contributed by atoms with Gasteiger partial charge in [-0.05, 0) is 25.2 Å². The number of piperidine rings is 1. The summed E-state index contributed by atoms with van der Waals surface area (Å²) in [5, 5.41) is 3.67. The van der Waals surface area contributed by atoms with Crippen LogP contribution in [0.2, 0.25) is 0 Å². The van der Waals surface area contributed by atoms with E-state index in [4.69, 9.17) is 4.52 Å². The predicted octanol–water partition coefficient (Wildman–Crippen LogP) is 2.87. The second-order valence-corrected chi connectivity index (χ2v) is 4.67. The van der Waals surface area contributed by atoms with Crippen molar-refractivity contribution in [2.24, 2.45) is 5.92 Å². The van der Waals surface area contributed by atoms with Gasteiger partial charge in [-0.1, -0.05) is 31.3 Å². The van der Waals surface area contributed by atoms with Gasteiger partial charge in [0.15, 0.2) is 6.33 Å². The van der Waals surface area contributed by atoms with Gasteiger partial charge < -0.3 is 9.42 Å². The van der Waals surface area contributed by atoms with Crippen molar-refractivity contribution in [2.45, 2.75) is 45.4 Å². The molecule has 0 aromatic carbocycles. The fraction of sp³-hybridized carbons (Fsp3) is 0.833. The number of nitrogens with zero attached hydrogens (tertiary/aromatic N) is 3. The smallest absolute Gasteiger partial charge is 0.323 e. The summed E-state index contributed by atoms with van der Waals surface area (Å²) in [5.41, 5.74) is 0. The zero-order chi connectivity index (χ0) is 11.2. The Morgan fingerprint density at radius 1 is 1.50 bits per heavy atom. The van der Waals surface area contributed by atoms with Gasteiger partial charge in [-0.3, -0.25) is 0 Å². The molecule has 1 aliphatic heterocycles. The molecule has 4 heteroatoms. The molecule has 1 saturated heterocycles. The number of hydrogen-bond acceptors (Lipinski definition) is 4. The van der Waals surface area contributed by atoms with Crippen molar-refractivity contribution in [3.05, 3.63) is 6.33 Å². The summed E-state index contributed by atoms with van der Waals surface area (Å²) in [7, 11) is 0. The van der Waals surface area contributed by atoms with Crippen molar-refractivity contribution in [1.82, 2.24) is 10.1 Å². The van der Waals surface area contributed by atoms with Crippen LogP contribution in [0.4, 0.5) is 6.01 Å². The molecule has 0 bridgehead atoms. The summed E-state index contributed by atoms with van der Waals surface area (Å²) in [6, 6.07) is 0.695. The Kier molecular flexibility index (Phi) is 4.19. The molecule has 1 unspecified atom stereocenters. The highest BCUT2D eigenvalue weighted by Crippen LogP contribution is 2.24. The number of aromatic nitrogens is 2. The van der Waals surface area contributed by atoms with Crippen LogP contribution >= 0.6 is 0 Å². The zero-order valence-electron chi connectivity index (χ0n) is 10.1. The van der Waals surface area contributed by atoms with Crippen LogP contribution in [0, 0.1) is 5.92 Å². The molecule has 1 fully saturated rings. The van der Waals surface area contributed by atoms with Crippen LogP contribution < -0.4 is 4.90 Å². The van der Waals surface area contributed by atoms with Crippen LogP contribution in [0.5, 0.6) is 0 Å². The normalized spacial score (nSPS) is 21.3. The van der Waals surface area contributed by atoms with Gasteiger partial charge in [-0.2, -0.15) is 4.98 Å². The average molecular weight is 223 g/mol. The van der Waals surface area contributed by atoms with Gasteiger partial charge >= 0.3 is 6.01 Å². The maximum atomic E-state index is 5.11. The molecule has 16 heavy (non-hydrogen) atoms. The molecule has 0 aliphatic carbocycles. The molecule has 2 heterocycles. The maximum Gasteiger partial charge on any atom is 0.323 e. The zero-order valence-corrected chi connectivity index (χ0v) is 10.1. The van der Waals surface area contributed by atoms with Crippen LogP contribution in [0.15, 0.2) is 10.9 Å². The van der Waals surface area contributed by atoms with Gasteiger partial charge in [0.25, 0.3) is 0 Å². The average Bonchev–Trinajstić information content (AvgIpc) is 2.83. The molecule has 2 rings (SSSR count). The summed E-state index contributed by atoms with van der Waals surface area (Å²) < 4.78 is 5.11. The highest BCUT2D eigenvalue weighted by Gasteiger charge is 2.22. The lowest BCUT2D eigenvalue weighted by Crippen LogP contribution is -2.35. The summed E-state index contributed by atoms with van der Waals surface area (Å²) in [6.07, 6.45) is 9.46. The molecule has 0 radical (unpaired) electrons. The first-order chi connectivity index (χ1) is 7.90. The van der Waals surface area contributed by atoms with Crippen molar-refractivity contribution < 1.29 is 4.52 Å². The molecule has 0 spiro atoms. The first-order valence-corrected chi connectivity index (χ1v) is 6.41. The van der Waals surface area contributed by atoms with Gasteiger partial charge in [-0.25, -0.2) is 0 Å². The Morgan fingerprint density at radius 3 is 3.19 bits per heavy atom. The number of anilines is 1. The molecule has 1 aromatic rings. The topological polar surface area (TPSA) is 42.2 Å². The van der Waals surface area contributed by atoms with E-state index in [1.165, 1.54) is 44.9 Å². The van der Waals surface area contributed by atoms with Crippen LogP contribution in [0.25, 0.3) is 0 Å². The van der Waals surface area contributed by atoms with Crippen LogP contribution in [0.3, 0.4) is 0 Å². The molecule has 0 saturated carbocycles. The first kappa shape index (κ1) is 11.4. The lowest BCUT2D eigenvalue weighted by Gasteiger charge is -2.31. The predicted molar refractivity (Wildman–Crippen MR) is 63.4 cm³/mol. The van der Waals surface area contributed by atoms with E-state index in [1.54, 1.807) is 0 Å². The van der Waals surface area contributed by atoms with Gasteiger partial charge in [0.2, 0.25) is 0 Å². The third-order valence-electron chi connectivity index (χ3n) is 3.36. The van der Waals surface area contributed by atoms with Gasteiger partial charge in [-0.15, -0.1) is 0 Å². The maximum absolute atomic E-state index is 5.11. The van der Waals surface area contributed by atoms with Crippen LogP contribution in [-0.4, -0.2) is 23.2 Å². The largest absolute Gasteiger partial charge is 0.324 e. The monoisotopic (exact) mass is 223 g/mol. The molecular weight excluding hydrogens is 202 g/mol. The standard InChI is InChI=1S/C12H21N3O/c1-2-3-4-6-11-7-5-8-15(9-11)12-13-10-14-16-12/h10-11H,2-9H2,1H3. The highest BCUT2D eigenvalue weighted by molar-refractivity contribution is 5.24. The quantitative estimate of drug-likeness (QED) is 0.720. The van der Waals surface area contributed by atoms with Crippen molar-refractivity contribution >= 4 is 6.01 Å². The third-order valence-corrected chi connectivity index (χ3v) is 3.36. The van der Waals surface area contributed by atoms with E-state index in [-0.39, 0.29) is 0 Å². The molecule has 1 aromatic heterocycles. The van der Waals surface area contributed by atoms with E-state index in [0.29, 0.717) is 6.01 Å². The van der Waals surface area contributed by atoms with Crippen molar-refractivity contribution in [3.63, 3.8) is 0 Å². The van der Waals surface area contributed by atoms with Crippen molar-refractivity contribution in [2.75, 3.05) is 18.0 Å². The molecular formula is C12H21N3O. The van der Waals surface area contributed by atoms with E-state index >= 15 is 0 Å². The molecule has 1 atom stereocenters. The summed E-state index contributed by atoms with van der Waals surface area (Å²) in [4.78, 5) is 6.35. The number of hydrogen-bond donors (Lipinski definition) is 0. The minimum Gasteiger partial charge on any atom is -0.324 e. The number of unbranched alkanes of at least 4 members (excludes halogenated alkanes) is 2. The Bertz CT molecular complexity index is 286. The van der Waals surface area contributed by atoms with Crippen LogP contribution in [0.1, 0.15) is 45.4 Å². The molecule has 0 amide bonds. The first-order valence-electron chi connectivity index (χ1n) is 6.41. The molecule has 0 N–H and O–H groups in total. The molecule has 1 aliphatic rings. The van der Waals surface area contributed by atoms with E-state index in [2.05, 4.69) is 22.0 Å². The Morgan fingerprint density at radius 2 is 2.44 bits per heavy atom. The van der Waals surface area contributed by atoms with Gasteiger partial charge in [0, 0.05) is 13.1 Å². The highest BCUT2D eigenvalue weighted by atomic mass is 16.5. The van der Waals surface area contributed by atoms with Gasteiger partial charge in [0.05, 0.1) is 0 Å². The lowest BCUT2D eigenvalue weighted by atomic mass is 9.93. The SMILES string of the molecule is CCCCCC1CCCN(c2ncno2)C1. The van der Waals surface area contributed by atoms with Gasteiger partial charge in [0.1, 0.15) is 0 Å². The lowest BCUT2D eigenvalue weighted by molar-refractivity contribution is 0.345. The summed E-state index contributed by atoms with van der Waals surface area (Å²) >= 11 is 0. The Hall–Kier alpha value is -1.06. The third kappa shape index (κ3) is 2.97. The van der Waals surface area contributed by atoms with E-state index in [1.807, 2.05) is 0 Å². The Labute approximate surface area is 97.0 Å². The van der Waals surface area contributed by atoms with E-state index in [9.17, 15) is 0 Å². The molecule has 4 nitrogen and oxygen atoms in total. The number of rotatable bonds is 5. The minimum absolute atomic E-state index is 0.695. The van der Waals surface area contributed by atoms with Crippen molar-refractivity contribution in [3.8, 4) is 0 Å². The van der Waals surface area contributed by atoms with E-state index < -0.39 is 0 Å². The fourth-order valence-electron chi connectivity index (χ4n) is 2.46. The minimum atomic E-state index is 0.695. The summed E-state index contributed by atoms with van der Waals surface area (Å²) in [5.74, 6) is 0.812. The Balaban J connectivity index is 1.80. The fourth-order valence-corrected chi connectivity index (χ4v) is 2.46. The van der Waals surface area contributed by atoms with Crippen LogP contribution in [-0.2, 0) is 0 Å². The second-order valence-electron chi connectivity index (χ2n) is 4.67. The van der Waals surface area contributed by atoms with Crippen molar-refractivity contribution in [1.29, 1.82) is 0 Å². The van der Waals surface area contributed by atoms with E-state index in [0.717, 1.165) is 19.0 Å². The second kappa shape index (κ2) is 5.87. The summed E-state index contributed by atoms with van der Waals surface area (Å²) in [6.45, 7) is 4.41. The molecule has 90 valence electrons.